The van der Waals surface area contributed by atoms with Gasteiger partial charge in [0.2, 0.25) is 0 Å². The molecule has 24 heavy (non-hydrogen) atoms. The van der Waals surface area contributed by atoms with Crippen molar-refractivity contribution in [3.05, 3.63) is 78.4 Å². The first kappa shape index (κ1) is 17.8. The third-order valence-corrected chi connectivity index (χ3v) is 3.89. The summed E-state index contributed by atoms with van der Waals surface area (Å²) < 4.78 is 10.8. The van der Waals surface area contributed by atoms with E-state index < -0.39 is 11.9 Å². The molecule has 0 aliphatic carbocycles. The van der Waals surface area contributed by atoms with E-state index in [-0.39, 0.29) is 5.92 Å². The van der Waals surface area contributed by atoms with Crippen LogP contribution in [0.5, 0.6) is 5.75 Å². The molecule has 0 spiro atoms. The lowest BCUT2D eigenvalue weighted by Crippen LogP contribution is -2.24. The van der Waals surface area contributed by atoms with E-state index in [4.69, 9.17) is 9.47 Å². The predicted molar refractivity (Wildman–Crippen MR) is 93.2 cm³/mol. The molecule has 4 heteroatoms. The van der Waals surface area contributed by atoms with E-state index in [1.807, 2.05) is 30.3 Å². The molecule has 2 aromatic rings. The maximum absolute atomic E-state index is 11.8. The van der Waals surface area contributed by atoms with Crippen molar-refractivity contribution in [2.45, 2.75) is 12.5 Å². The van der Waals surface area contributed by atoms with Gasteiger partial charge in [-0.3, -0.25) is 4.79 Å². The van der Waals surface area contributed by atoms with Gasteiger partial charge in [-0.25, -0.2) is 0 Å². The van der Waals surface area contributed by atoms with Crippen molar-refractivity contribution in [3.8, 4) is 5.75 Å². The molecule has 0 radical (unpaired) electrons. The van der Waals surface area contributed by atoms with Crippen LogP contribution in [0.2, 0.25) is 0 Å². The Labute approximate surface area is 142 Å². The smallest absolute Gasteiger partial charge is 0.311 e. The molecule has 0 saturated heterocycles. The summed E-state index contributed by atoms with van der Waals surface area (Å²) >= 11 is 0. The molecule has 2 rings (SSSR count). The van der Waals surface area contributed by atoms with Crippen molar-refractivity contribution in [3.63, 3.8) is 0 Å². The first-order valence-electron chi connectivity index (χ1n) is 7.76. The van der Waals surface area contributed by atoms with Crippen molar-refractivity contribution in [2.24, 2.45) is 5.92 Å². The molecule has 0 bridgehead atoms. The Hall–Kier alpha value is -2.59. The first-order chi connectivity index (χ1) is 11.7. The van der Waals surface area contributed by atoms with Gasteiger partial charge >= 0.3 is 5.97 Å². The van der Waals surface area contributed by atoms with Crippen molar-refractivity contribution < 1.29 is 19.4 Å². The highest BCUT2D eigenvalue weighted by atomic mass is 16.5. The Morgan fingerprint density at radius 1 is 1.17 bits per heavy atom. The summed E-state index contributed by atoms with van der Waals surface area (Å²) in [5, 5.41) is 9.64. The number of methoxy groups -OCH3 is 1. The van der Waals surface area contributed by atoms with Gasteiger partial charge in [0.15, 0.2) is 0 Å². The van der Waals surface area contributed by atoms with Crippen LogP contribution in [0, 0.1) is 5.92 Å². The number of benzene rings is 2. The molecule has 126 valence electrons. The Balaban J connectivity index is 2.05. The monoisotopic (exact) mass is 326 g/mol. The second-order valence-corrected chi connectivity index (χ2v) is 5.49. The van der Waals surface area contributed by atoms with Crippen LogP contribution in [0.3, 0.4) is 0 Å². The van der Waals surface area contributed by atoms with E-state index in [0.29, 0.717) is 24.5 Å². The average molecular weight is 326 g/mol. The van der Waals surface area contributed by atoms with Crippen molar-refractivity contribution in [1.29, 1.82) is 0 Å². The minimum Gasteiger partial charge on any atom is -0.497 e. The summed E-state index contributed by atoms with van der Waals surface area (Å²) in [6, 6.07) is 16.8. The molecule has 0 fully saturated rings. The lowest BCUT2D eigenvalue weighted by atomic mass is 9.86. The van der Waals surface area contributed by atoms with Gasteiger partial charge in [-0.2, -0.15) is 0 Å². The quantitative estimate of drug-likeness (QED) is 0.711. The molecule has 2 aromatic carbocycles. The van der Waals surface area contributed by atoms with Gasteiger partial charge in [0.25, 0.3) is 0 Å². The van der Waals surface area contributed by atoms with Crippen LogP contribution in [0.4, 0.5) is 0 Å². The van der Waals surface area contributed by atoms with Gasteiger partial charge in [-0.15, -0.1) is 6.58 Å². The zero-order valence-corrected chi connectivity index (χ0v) is 13.7. The molecule has 0 aromatic heterocycles. The normalized spacial score (nSPS) is 13.0. The van der Waals surface area contributed by atoms with Crippen LogP contribution >= 0.6 is 0 Å². The number of carboxylic acid groups (broad SMARTS) is 1. The van der Waals surface area contributed by atoms with E-state index >= 15 is 0 Å². The summed E-state index contributed by atoms with van der Waals surface area (Å²) in [7, 11) is 1.58. The fourth-order valence-electron chi connectivity index (χ4n) is 2.57. The highest BCUT2D eigenvalue weighted by molar-refractivity contribution is 5.77. The number of rotatable bonds is 9. The zero-order valence-electron chi connectivity index (χ0n) is 13.7. The number of carbonyl (C=O) groups is 1. The van der Waals surface area contributed by atoms with Gasteiger partial charge in [0, 0.05) is 5.92 Å². The first-order valence-corrected chi connectivity index (χ1v) is 7.76. The van der Waals surface area contributed by atoms with E-state index in [9.17, 15) is 9.90 Å². The molecule has 0 amide bonds. The van der Waals surface area contributed by atoms with Gasteiger partial charge < -0.3 is 14.6 Å². The zero-order chi connectivity index (χ0) is 17.4. The highest BCUT2D eigenvalue weighted by Crippen LogP contribution is 2.28. The molecule has 0 aliphatic heterocycles. The van der Waals surface area contributed by atoms with Crippen LogP contribution in [0.25, 0.3) is 0 Å². The summed E-state index contributed by atoms with van der Waals surface area (Å²) in [5.74, 6) is -1.23. The van der Waals surface area contributed by atoms with Crippen LogP contribution in [0.1, 0.15) is 17.0 Å². The Bertz CT molecular complexity index is 649. The number of ether oxygens (including phenoxy) is 2. The van der Waals surface area contributed by atoms with Crippen molar-refractivity contribution in [1.82, 2.24) is 0 Å². The van der Waals surface area contributed by atoms with Crippen LogP contribution in [-0.4, -0.2) is 24.8 Å². The standard InChI is InChI=1S/C20H22O4/c1-3-16(14-24-13-15-7-5-4-6-8-15)19(20(21)22)17-9-11-18(23-2)12-10-17/h3-12,16,19H,1,13-14H2,2H3,(H,21,22)/t16-,19-/m1/s1. The third kappa shape index (κ3) is 4.70. The topological polar surface area (TPSA) is 55.8 Å². The SMILES string of the molecule is C=C[C@H](COCc1ccccc1)[C@@H](C(=O)O)c1ccc(OC)cc1. The van der Waals surface area contributed by atoms with Gasteiger partial charge in [-0.1, -0.05) is 48.5 Å². The number of carboxylic acids is 1. The minimum atomic E-state index is -0.895. The summed E-state index contributed by atoms with van der Waals surface area (Å²) in [6.07, 6.45) is 1.65. The van der Waals surface area contributed by atoms with Crippen LogP contribution in [0.15, 0.2) is 67.3 Å². The Morgan fingerprint density at radius 2 is 1.83 bits per heavy atom. The Kier molecular flexibility index (Phi) is 6.58. The maximum Gasteiger partial charge on any atom is 0.311 e. The molecule has 0 unspecified atom stereocenters. The summed E-state index contributed by atoms with van der Waals surface area (Å²) in [4.78, 5) is 11.8. The number of hydrogen-bond donors (Lipinski definition) is 1. The maximum atomic E-state index is 11.8. The second-order valence-electron chi connectivity index (χ2n) is 5.49. The fourth-order valence-corrected chi connectivity index (χ4v) is 2.57. The van der Waals surface area contributed by atoms with E-state index in [1.165, 1.54) is 0 Å². The third-order valence-electron chi connectivity index (χ3n) is 3.89. The Morgan fingerprint density at radius 3 is 2.38 bits per heavy atom. The molecule has 0 saturated carbocycles. The van der Waals surface area contributed by atoms with Gasteiger partial charge in [0.1, 0.15) is 5.75 Å². The minimum absolute atomic E-state index is 0.293. The van der Waals surface area contributed by atoms with E-state index in [1.54, 1.807) is 37.5 Å². The number of hydrogen-bond acceptors (Lipinski definition) is 3. The fraction of sp³-hybridized carbons (Fsp3) is 0.250. The molecule has 1 N–H and O–H groups in total. The number of aliphatic carboxylic acids is 1. The van der Waals surface area contributed by atoms with Crippen molar-refractivity contribution >= 4 is 5.97 Å². The molecular weight excluding hydrogens is 304 g/mol. The largest absolute Gasteiger partial charge is 0.497 e. The lowest BCUT2D eigenvalue weighted by molar-refractivity contribution is -0.140. The average Bonchev–Trinajstić information content (AvgIpc) is 2.62. The highest BCUT2D eigenvalue weighted by Gasteiger charge is 2.28. The molecule has 4 nitrogen and oxygen atoms in total. The second kappa shape index (κ2) is 8.89. The van der Waals surface area contributed by atoms with Crippen molar-refractivity contribution in [2.75, 3.05) is 13.7 Å². The van der Waals surface area contributed by atoms with E-state index in [0.717, 1.165) is 5.56 Å². The summed E-state index contributed by atoms with van der Waals surface area (Å²) in [6.45, 7) is 4.52. The van der Waals surface area contributed by atoms with Crippen LogP contribution in [-0.2, 0) is 16.1 Å². The van der Waals surface area contributed by atoms with E-state index in [2.05, 4.69) is 6.58 Å². The molecule has 0 aliphatic rings. The summed E-state index contributed by atoms with van der Waals surface area (Å²) in [5.41, 5.74) is 1.76. The van der Waals surface area contributed by atoms with Crippen LogP contribution < -0.4 is 4.74 Å². The predicted octanol–water partition coefficient (Wildman–Crippen LogP) is 3.88. The van der Waals surface area contributed by atoms with Gasteiger partial charge in [0.05, 0.1) is 26.2 Å². The molecule has 0 heterocycles. The van der Waals surface area contributed by atoms with Gasteiger partial charge in [-0.05, 0) is 23.3 Å². The molecule has 2 atom stereocenters. The lowest BCUT2D eigenvalue weighted by Gasteiger charge is -2.21. The molecular formula is C20H22O4.